The van der Waals surface area contributed by atoms with Crippen molar-refractivity contribution < 1.29 is 9.59 Å². The second-order valence-electron chi connectivity index (χ2n) is 10.6. The number of aryl methyl sites for hydroxylation is 3. The molecule has 206 valence electrons. The van der Waals surface area contributed by atoms with E-state index < -0.39 is 11.6 Å². The SMILES string of the molecule is Cn1nnc(CCc2c#cccc2N2CCN(C(=O)[C@@H](CCCc3ccccc3)NC(=O)C(C)(C)N)CC2)n1. The van der Waals surface area contributed by atoms with E-state index in [0.717, 1.165) is 30.5 Å². The highest BCUT2D eigenvalue weighted by Crippen LogP contribution is 2.22. The van der Waals surface area contributed by atoms with E-state index in [1.54, 1.807) is 20.9 Å². The first-order valence-electron chi connectivity index (χ1n) is 13.5. The van der Waals surface area contributed by atoms with E-state index in [2.05, 4.69) is 49.9 Å². The molecule has 1 atom stereocenters. The van der Waals surface area contributed by atoms with Gasteiger partial charge in [0.25, 0.3) is 0 Å². The average molecular weight is 531 g/mol. The van der Waals surface area contributed by atoms with Crippen LogP contribution < -0.4 is 16.0 Å². The van der Waals surface area contributed by atoms with Crippen LogP contribution in [-0.2, 0) is 35.9 Å². The first-order valence-corrected chi connectivity index (χ1v) is 13.5. The molecule has 0 unspecified atom stereocenters. The van der Waals surface area contributed by atoms with Gasteiger partial charge in [-0.25, -0.2) is 0 Å². The van der Waals surface area contributed by atoms with Crippen LogP contribution in [0.25, 0.3) is 0 Å². The molecule has 0 spiro atoms. The maximum atomic E-state index is 13.6. The molecule has 0 aliphatic carbocycles. The van der Waals surface area contributed by atoms with Crippen LogP contribution in [0.5, 0.6) is 0 Å². The molecule has 3 aromatic rings. The zero-order valence-electron chi connectivity index (χ0n) is 23.1. The number of hydrogen-bond acceptors (Lipinski definition) is 7. The zero-order chi connectivity index (χ0) is 27.8. The van der Waals surface area contributed by atoms with E-state index in [1.807, 2.05) is 35.2 Å². The third-order valence-electron chi connectivity index (χ3n) is 6.93. The number of hydrogen-bond donors (Lipinski definition) is 2. The Morgan fingerprint density at radius 1 is 1.08 bits per heavy atom. The molecule has 4 rings (SSSR count). The number of piperazine rings is 1. The van der Waals surface area contributed by atoms with Crippen LogP contribution >= 0.6 is 0 Å². The molecule has 1 aliphatic heterocycles. The molecule has 0 saturated carbocycles. The van der Waals surface area contributed by atoms with Crippen LogP contribution in [-0.4, -0.2) is 74.7 Å². The Labute approximate surface area is 230 Å². The van der Waals surface area contributed by atoms with E-state index >= 15 is 0 Å². The van der Waals surface area contributed by atoms with Gasteiger partial charge >= 0.3 is 0 Å². The summed E-state index contributed by atoms with van der Waals surface area (Å²) < 4.78 is 0. The molecule has 0 radical (unpaired) electrons. The first kappa shape index (κ1) is 28.0. The van der Waals surface area contributed by atoms with Crippen molar-refractivity contribution in [2.45, 2.75) is 57.5 Å². The van der Waals surface area contributed by atoms with Crippen molar-refractivity contribution in [3.05, 3.63) is 71.5 Å². The quantitative estimate of drug-likeness (QED) is 0.385. The lowest BCUT2D eigenvalue weighted by atomic mass is 10.0. The summed E-state index contributed by atoms with van der Waals surface area (Å²) in [5.74, 6) is 0.317. The number of anilines is 1. The fraction of sp³-hybridized carbons (Fsp3) is 0.483. The van der Waals surface area contributed by atoms with Gasteiger partial charge < -0.3 is 20.9 Å². The number of nitrogens with zero attached hydrogens (tertiary/aromatic N) is 6. The summed E-state index contributed by atoms with van der Waals surface area (Å²) >= 11 is 0. The van der Waals surface area contributed by atoms with Crippen molar-refractivity contribution >= 4 is 17.5 Å². The van der Waals surface area contributed by atoms with Crippen molar-refractivity contribution in [2.75, 3.05) is 31.1 Å². The van der Waals surface area contributed by atoms with Crippen molar-refractivity contribution in [3.63, 3.8) is 0 Å². The normalized spacial score (nSPS) is 14.6. The molecule has 10 nitrogen and oxygen atoms in total. The minimum atomic E-state index is -1.06. The summed E-state index contributed by atoms with van der Waals surface area (Å²) in [6.07, 6.45) is 3.57. The van der Waals surface area contributed by atoms with Crippen LogP contribution in [0.1, 0.15) is 43.6 Å². The number of benzene rings is 1. The van der Waals surface area contributed by atoms with Gasteiger partial charge in [-0.05, 0) is 62.4 Å². The van der Waals surface area contributed by atoms with E-state index in [4.69, 9.17) is 5.73 Å². The number of carbonyl (C=O) groups is 2. The number of rotatable bonds is 11. The Morgan fingerprint density at radius 3 is 2.49 bits per heavy atom. The molecule has 1 aliphatic rings. The predicted octanol–water partition coefficient (Wildman–Crippen LogP) is 1.49. The van der Waals surface area contributed by atoms with Gasteiger partial charge in [0.15, 0.2) is 5.82 Å². The van der Waals surface area contributed by atoms with Gasteiger partial charge in [-0.3, -0.25) is 9.59 Å². The van der Waals surface area contributed by atoms with E-state index in [0.29, 0.717) is 44.8 Å². The number of aromatic nitrogens is 4. The molecular weight excluding hydrogens is 492 g/mol. The molecule has 3 N–H and O–H groups in total. The summed E-state index contributed by atoms with van der Waals surface area (Å²) in [6.45, 7) is 5.82. The summed E-state index contributed by atoms with van der Waals surface area (Å²) in [5.41, 5.74) is 8.30. The van der Waals surface area contributed by atoms with E-state index in [-0.39, 0.29) is 11.8 Å². The lowest BCUT2D eigenvalue weighted by molar-refractivity contribution is -0.138. The largest absolute Gasteiger partial charge is 0.367 e. The summed E-state index contributed by atoms with van der Waals surface area (Å²) in [6, 6.07) is 19.8. The fourth-order valence-corrected chi connectivity index (χ4v) is 4.71. The van der Waals surface area contributed by atoms with Crippen LogP contribution in [0.4, 0.5) is 5.69 Å². The number of nitrogens with one attached hydrogen (secondary N) is 1. The highest BCUT2D eigenvalue weighted by atomic mass is 16.2. The van der Waals surface area contributed by atoms with Gasteiger partial charge in [-0.1, -0.05) is 42.5 Å². The molecule has 1 saturated heterocycles. The van der Waals surface area contributed by atoms with Crippen LogP contribution in [0.2, 0.25) is 0 Å². The van der Waals surface area contributed by atoms with Crippen molar-refractivity contribution in [3.8, 4) is 0 Å². The number of nitrogens with two attached hydrogens (primary N) is 1. The van der Waals surface area contributed by atoms with Crippen LogP contribution in [0, 0.1) is 12.1 Å². The van der Waals surface area contributed by atoms with Gasteiger partial charge in [0.05, 0.1) is 12.6 Å². The minimum absolute atomic E-state index is 0.0535. The smallest absolute Gasteiger partial charge is 0.245 e. The third kappa shape index (κ3) is 7.77. The Morgan fingerprint density at radius 2 is 1.82 bits per heavy atom. The Hall–Kier alpha value is -3.97. The van der Waals surface area contributed by atoms with Gasteiger partial charge in [-0.2, -0.15) is 4.80 Å². The number of carbonyl (C=O) groups excluding carboxylic acids is 2. The molecule has 2 amide bonds. The third-order valence-corrected chi connectivity index (χ3v) is 6.93. The minimum Gasteiger partial charge on any atom is -0.367 e. The molecule has 1 fully saturated rings. The molecule has 2 aromatic carbocycles. The molecule has 10 heteroatoms. The lowest BCUT2D eigenvalue weighted by Gasteiger charge is -2.38. The average Bonchev–Trinajstić information content (AvgIpc) is 3.36. The number of amides is 2. The highest BCUT2D eigenvalue weighted by Gasteiger charge is 2.32. The maximum Gasteiger partial charge on any atom is 0.245 e. The molecule has 0 bridgehead atoms. The van der Waals surface area contributed by atoms with E-state index in [1.165, 1.54) is 10.4 Å². The maximum absolute atomic E-state index is 13.6. The molecule has 39 heavy (non-hydrogen) atoms. The molecule has 2 heterocycles. The summed E-state index contributed by atoms with van der Waals surface area (Å²) in [5, 5.41) is 15.2. The predicted molar refractivity (Wildman–Crippen MR) is 149 cm³/mol. The van der Waals surface area contributed by atoms with Crippen molar-refractivity contribution in [1.82, 2.24) is 30.4 Å². The monoisotopic (exact) mass is 530 g/mol. The fourth-order valence-electron chi connectivity index (χ4n) is 4.71. The molecular formula is C29H38N8O2. The summed E-state index contributed by atoms with van der Waals surface area (Å²) in [4.78, 5) is 31.9. The van der Waals surface area contributed by atoms with Gasteiger partial charge in [0.2, 0.25) is 11.8 Å². The van der Waals surface area contributed by atoms with Crippen LogP contribution in [0.3, 0.4) is 0 Å². The zero-order valence-corrected chi connectivity index (χ0v) is 23.1. The van der Waals surface area contributed by atoms with Crippen molar-refractivity contribution in [1.29, 1.82) is 0 Å². The Kier molecular flexibility index (Phi) is 9.15. The highest BCUT2D eigenvalue weighted by molar-refractivity contribution is 5.91. The number of tetrazole rings is 1. The Bertz CT molecular complexity index is 1230. The van der Waals surface area contributed by atoms with Gasteiger partial charge in [0.1, 0.15) is 6.04 Å². The van der Waals surface area contributed by atoms with Gasteiger partial charge in [-0.15, -0.1) is 10.2 Å². The lowest BCUT2D eigenvalue weighted by Crippen LogP contribution is -2.58. The van der Waals surface area contributed by atoms with Gasteiger partial charge in [0, 0.05) is 43.9 Å². The standard InChI is InChI=1S/C29H38N8O2/c1-29(2,30)28(39)31-24(14-9-12-22-10-5-4-6-11-22)27(38)37-20-18-36(19-21-37)25-15-8-7-13-23(25)16-17-26-32-34-35(3)33-26/h4-6,8,10-11,15,24H,9,12,14,16-21,30H2,1-3H3,(H,31,39)/t24-/m1/s1. The second-order valence-corrected chi connectivity index (χ2v) is 10.6. The van der Waals surface area contributed by atoms with Crippen LogP contribution in [0.15, 0.2) is 42.5 Å². The molecule has 1 aromatic heterocycles. The Balaban J connectivity index is 1.37. The topological polar surface area (TPSA) is 122 Å². The second kappa shape index (κ2) is 12.7. The summed E-state index contributed by atoms with van der Waals surface area (Å²) in [7, 11) is 1.75. The van der Waals surface area contributed by atoms with E-state index in [9.17, 15) is 9.59 Å². The van der Waals surface area contributed by atoms with Crippen molar-refractivity contribution in [2.24, 2.45) is 12.8 Å². The first-order chi connectivity index (χ1) is 18.7.